The highest BCUT2D eigenvalue weighted by atomic mass is 35.5. The maximum Gasteiger partial charge on any atom is 0.123 e. The maximum atomic E-state index is 13.0. The lowest BCUT2D eigenvalue weighted by Gasteiger charge is -2.31. The topological polar surface area (TPSA) is 15.3 Å². The van der Waals surface area contributed by atoms with Gasteiger partial charge in [0.15, 0.2) is 0 Å². The number of nitrogens with one attached hydrogen (secondary N) is 1. The molecule has 1 aliphatic heterocycles. The molecule has 2 nitrogen and oxygen atoms in total. The molecule has 1 atom stereocenters. The summed E-state index contributed by atoms with van der Waals surface area (Å²) >= 11 is 0. The summed E-state index contributed by atoms with van der Waals surface area (Å²) in [6, 6.07) is 7.45. The van der Waals surface area contributed by atoms with E-state index >= 15 is 0 Å². The molecule has 96 valence electrons. The highest BCUT2D eigenvalue weighted by Crippen LogP contribution is 2.13. The van der Waals surface area contributed by atoms with Crippen LogP contribution in [-0.2, 0) is 6.54 Å². The summed E-state index contributed by atoms with van der Waals surface area (Å²) in [6.45, 7) is 3.00. The van der Waals surface area contributed by atoms with Crippen LogP contribution in [0.25, 0.3) is 0 Å². The Morgan fingerprint density at radius 3 is 2.94 bits per heavy atom. The van der Waals surface area contributed by atoms with Crippen molar-refractivity contribution in [2.45, 2.75) is 25.4 Å². The fourth-order valence-corrected chi connectivity index (χ4v) is 2.26. The summed E-state index contributed by atoms with van der Waals surface area (Å²) in [5.41, 5.74) is 1.05. The van der Waals surface area contributed by atoms with Gasteiger partial charge in [0.2, 0.25) is 0 Å². The molecule has 1 saturated heterocycles. The first kappa shape index (κ1) is 14.4. The molecule has 1 unspecified atom stereocenters. The van der Waals surface area contributed by atoms with Crippen LogP contribution < -0.4 is 5.32 Å². The highest BCUT2D eigenvalue weighted by molar-refractivity contribution is 5.85. The second kappa shape index (κ2) is 6.94. The van der Waals surface area contributed by atoms with Crippen LogP contribution in [0.2, 0.25) is 0 Å². The normalized spacial score (nSPS) is 20.1. The minimum absolute atomic E-state index is 0. The standard InChI is InChI=1S/C13H19FN2.ClH/c1-16(13-6-3-7-15-9-13)10-11-4-2-5-12(14)8-11;/h2,4-5,8,13,15H,3,6-7,9-10H2,1H3;1H. The Morgan fingerprint density at radius 1 is 1.47 bits per heavy atom. The van der Waals surface area contributed by atoms with E-state index in [-0.39, 0.29) is 18.2 Å². The maximum absolute atomic E-state index is 13.0. The molecule has 1 fully saturated rings. The first-order valence-corrected chi connectivity index (χ1v) is 5.91. The van der Waals surface area contributed by atoms with Crippen molar-refractivity contribution in [2.24, 2.45) is 0 Å². The van der Waals surface area contributed by atoms with Crippen LogP contribution in [0.5, 0.6) is 0 Å². The monoisotopic (exact) mass is 258 g/mol. The van der Waals surface area contributed by atoms with Gasteiger partial charge >= 0.3 is 0 Å². The number of benzene rings is 1. The van der Waals surface area contributed by atoms with Crippen molar-refractivity contribution in [2.75, 3.05) is 20.1 Å². The number of rotatable bonds is 3. The predicted octanol–water partition coefficient (Wildman–Crippen LogP) is 2.43. The number of likely N-dealkylation sites (N-methyl/N-ethyl adjacent to an activating group) is 1. The van der Waals surface area contributed by atoms with Gasteiger partial charge in [-0.2, -0.15) is 0 Å². The van der Waals surface area contributed by atoms with Crippen molar-refractivity contribution < 1.29 is 4.39 Å². The molecule has 1 aromatic rings. The van der Waals surface area contributed by atoms with Gasteiger partial charge in [-0.25, -0.2) is 4.39 Å². The fraction of sp³-hybridized carbons (Fsp3) is 0.538. The second-order valence-corrected chi connectivity index (χ2v) is 4.55. The molecule has 0 spiro atoms. The number of piperidine rings is 1. The Hall–Kier alpha value is -0.640. The van der Waals surface area contributed by atoms with Gasteiger partial charge in [-0.05, 0) is 44.1 Å². The van der Waals surface area contributed by atoms with Crippen LogP contribution in [0.3, 0.4) is 0 Å². The Bertz CT molecular complexity index is 340. The fourth-order valence-electron chi connectivity index (χ4n) is 2.26. The van der Waals surface area contributed by atoms with Gasteiger partial charge in [0.1, 0.15) is 5.82 Å². The van der Waals surface area contributed by atoms with E-state index in [0.29, 0.717) is 6.04 Å². The van der Waals surface area contributed by atoms with Gasteiger partial charge in [-0.1, -0.05) is 12.1 Å². The lowest BCUT2D eigenvalue weighted by Crippen LogP contribution is -2.43. The quantitative estimate of drug-likeness (QED) is 0.896. The van der Waals surface area contributed by atoms with Gasteiger partial charge in [0.25, 0.3) is 0 Å². The Balaban J connectivity index is 0.00000144. The SMILES string of the molecule is CN(Cc1cccc(F)c1)C1CCCNC1.Cl. The van der Waals surface area contributed by atoms with E-state index < -0.39 is 0 Å². The van der Waals surface area contributed by atoms with Crippen molar-refractivity contribution >= 4 is 12.4 Å². The average Bonchev–Trinajstić information content (AvgIpc) is 2.30. The van der Waals surface area contributed by atoms with Crippen LogP contribution in [0.15, 0.2) is 24.3 Å². The third-order valence-corrected chi connectivity index (χ3v) is 3.22. The average molecular weight is 259 g/mol. The van der Waals surface area contributed by atoms with Gasteiger partial charge in [-0.3, -0.25) is 4.90 Å². The third-order valence-electron chi connectivity index (χ3n) is 3.22. The minimum atomic E-state index is -0.146. The number of nitrogens with zero attached hydrogens (tertiary/aromatic N) is 1. The zero-order valence-electron chi connectivity index (χ0n) is 10.2. The molecule has 1 aromatic carbocycles. The van der Waals surface area contributed by atoms with Crippen LogP contribution in [0.4, 0.5) is 4.39 Å². The van der Waals surface area contributed by atoms with Crippen molar-refractivity contribution in [1.29, 1.82) is 0 Å². The number of hydrogen-bond donors (Lipinski definition) is 1. The van der Waals surface area contributed by atoms with E-state index in [1.54, 1.807) is 12.1 Å². The van der Waals surface area contributed by atoms with Gasteiger partial charge in [0.05, 0.1) is 0 Å². The summed E-state index contributed by atoms with van der Waals surface area (Å²) in [6.07, 6.45) is 2.47. The zero-order chi connectivity index (χ0) is 11.4. The van der Waals surface area contributed by atoms with Crippen LogP contribution in [0.1, 0.15) is 18.4 Å². The largest absolute Gasteiger partial charge is 0.315 e. The molecular weight excluding hydrogens is 239 g/mol. The van der Waals surface area contributed by atoms with Crippen molar-refractivity contribution in [1.82, 2.24) is 10.2 Å². The molecule has 0 aromatic heterocycles. The highest BCUT2D eigenvalue weighted by Gasteiger charge is 2.17. The van der Waals surface area contributed by atoms with Crippen LogP contribution in [-0.4, -0.2) is 31.1 Å². The molecule has 0 amide bonds. The van der Waals surface area contributed by atoms with Gasteiger partial charge < -0.3 is 5.32 Å². The second-order valence-electron chi connectivity index (χ2n) is 4.55. The predicted molar refractivity (Wildman–Crippen MR) is 71.0 cm³/mol. The van der Waals surface area contributed by atoms with E-state index in [9.17, 15) is 4.39 Å². The molecule has 1 heterocycles. The molecule has 4 heteroatoms. The molecule has 0 aliphatic carbocycles. The molecule has 0 saturated carbocycles. The van der Waals surface area contributed by atoms with E-state index in [1.165, 1.54) is 18.9 Å². The lowest BCUT2D eigenvalue weighted by atomic mass is 10.1. The summed E-state index contributed by atoms with van der Waals surface area (Å²) in [4.78, 5) is 2.31. The summed E-state index contributed by atoms with van der Waals surface area (Å²) in [7, 11) is 2.11. The molecule has 17 heavy (non-hydrogen) atoms. The third kappa shape index (κ3) is 4.26. The van der Waals surface area contributed by atoms with Crippen molar-refractivity contribution in [3.8, 4) is 0 Å². The van der Waals surface area contributed by atoms with E-state index in [2.05, 4.69) is 17.3 Å². The van der Waals surface area contributed by atoms with Crippen LogP contribution >= 0.6 is 12.4 Å². The van der Waals surface area contributed by atoms with E-state index in [0.717, 1.165) is 25.2 Å². The zero-order valence-corrected chi connectivity index (χ0v) is 11.0. The van der Waals surface area contributed by atoms with E-state index in [4.69, 9.17) is 0 Å². The Kier molecular flexibility index (Phi) is 5.89. The molecule has 2 rings (SSSR count). The molecule has 0 bridgehead atoms. The smallest absolute Gasteiger partial charge is 0.123 e. The van der Waals surface area contributed by atoms with E-state index in [1.807, 2.05) is 6.07 Å². The van der Waals surface area contributed by atoms with Crippen molar-refractivity contribution in [3.05, 3.63) is 35.6 Å². The first-order chi connectivity index (χ1) is 7.75. The summed E-state index contributed by atoms with van der Waals surface area (Å²) < 4.78 is 13.0. The number of halogens is 2. The Morgan fingerprint density at radius 2 is 2.29 bits per heavy atom. The van der Waals surface area contributed by atoms with Gasteiger partial charge in [-0.15, -0.1) is 12.4 Å². The summed E-state index contributed by atoms with van der Waals surface area (Å²) in [5.74, 6) is -0.146. The van der Waals surface area contributed by atoms with Gasteiger partial charge in [0, 0.05) is 19.1 Å². The summed E-state index contributed by atoms with van der Waals surface area (Å²) in [5, 5.41) is 3.40. The Labute approximate surface area is 109 Å². The van der Waals surface area contributed by atoms with Crippen molar-refractivity contribution in [3.63, 3.8) is 0 Å². The lowest BCUT2D eigenvalue weighted by molar-refractivity contribution is 0.195. The molecular formula is C13H20ClFN2. The molecule has 1 aliphatic rings. The number of hydrogen-bond acceptors (Lipinski definition) is 2. The molecule has 1 N–H and O–H groups in total. The van der Waals surface area contributed by atoms with Crippen LogP contribution in [0, 0.1) is 5.82 Å². The minimum Gasteiger partial charge on any atom is -0.315 e. The first-order valence-electron chi connectivity index (χ1n) is 5.91. The molecule has 0 radical (unpaired) electrons.